The van der Waals surface area contributed by atoms with E-state index >= 15 is 0 Å². The molecular weight excluding hydrogens is 742 g/mol. The lowest BCUT2D eigenvalue weighted by atomic mass is 9.62. The van der Waals surface area contributed by atoms with Crippen LogP contribution in [-0.2, 0) is 28.5 Å². The Balaban J connectivity index is 0.000000187. The average molecular weight is 774 g/mol. The predicted molar refractivity (Wildman–Crippen MR) is 177 cm³/mol. The van der Waals surface area contributed by atoms with Crippen molar-refractivity contribution in [3.8, 4) is 11.5 Å². The van der Waals surface area contributed by atoms with Gasteiger partial charge in [0.05, 0.1) is 17.7 Å². The number of amides is 1. The average Bonchev–Trinajstić information content (AvgIpc) is 3.65. The molecule has 5 aromatic rings. The molecule has 288 valence electrons. The van der Waals surface area contributed by atoms with Gasteiger partial charge in [-0.05, 0) is 48.9 Å². The number of ketones is 1. The molecule has 10 nitrogen and oxygen atoms in total. The molecule has 0 radical (unpaired) electrons. The summed E-state index contributed by atoms with van der Waals surface area (Å²) in [5, 5.41) is 8.61. The van der Waals surface area contributed by atoms with Gasteiger partial charge in [-0.3, -0.25) is 9.59 Å². The maximum Gasteiger partial charge on any atom is 0.315 e. The quantitative estimate of drug-likeness (QED) is 0.102. The molecule has 1 N–H and O–H groups in total. The monoisotopic (exact) mass is 773 g/mol. The van der Waals surface area contributed by atoms with Crippen molar-refractivity contribution in [3.05, 3.63) is 119 Å². The smallest absolute Gasteiger partial charge is 0.315 e. The number of carbonyl (C=O) groups excluding carboxylic acids is 2. The highest BCUT2D eigenvalue weighted by Crippen LogP contribution is 2.48. The number of hydrogen-bond donors (Lipinski definition) is 1. The van der Waals surface area contributed by atoms with Gasteiger partial charge in [0, 0.05) is 48.5 Å². The van der Waals surface area contributed by atoms with E-state index in [-0.39, 0.29) is 23.4 Å². The van der Waals surface area contributed by atoms with Crippen LogP contribution in [0.1, 0.15) is 84.0 Å². The lowest BCUT2D eigenvalue weighted by molar-refractivity contribution is -0.131. The number of aromatic nitrogens is 6. The molecule has 18 heteroatoms. The number of nitrogens with one attached hydrogen (secondary N) is 1. The molecular formula is C37H31F8N7O3. The summed E-state index contributed by atoms with van der Waals surface area (Å²) >= 11 is 0. The second-order valence-electron chi connectivity index (χ2n) is 13.3. The predicted octanol–water partition coefficient (Wildman–Crippen LogP) is 7.39. The van der Waals surface area contributed by atoms with E-state index in [9.17, 15) is 44.7 Å². The number of hydrogen-bond acceptors (Lipinski definition) is 9. The summed E-state index contributed by atoms with van der Waals surface area (Å²) in [5.74, 6) is -5.71. The van der Waals surface area contributed by atoms with Crippen molar-refractivity contribution in [2.45, 2.75) is 75.0 Å². The number of halogens is 8. The Morgan fingerprint density at radius 3 is 1.62 bits per heavy atom. The molecule has 0 atom stereocenters. The second kappa shape index (κ2) is 16.4. The van der Waals surface area contributed by atoms with Crippen LogP contribution in [0.25, 0.3) is 11.5 Å². The molecule has 0 bridgehead atoms. The lowest BCUT2D eigenvalue weighted by Crippen LogP contribution is -2.38. The molecule has 0 saturated heterocycles. The summed E-state index contributed by atoms with van der Waals surface area (Å²) in [6.07, 6.45) is 4.33. The van der Waals surface area contributed by atoms with Crippen LogP contribution in [0.4, 0.5) is 35.1 Å². The summed E-state index contributed by atoms with van der Waals surface area (Å²) in [7, 11) is 0. The normalized spacial score (nSPS) is 15.5. The molecule has 1 amide bonds. The van der Waals surface area contributed by atoms with Crippen LogP contribution in [0.3, 0.4) is 0 Å². The van der Waals surface area contributed by atoms with Crippen LogP contribution in [0, 0.1) is 23.3 Å². The number of rotatable bonds is 12. The van der Waals surface area contributed by atoms with Crippen molar-refractivity contribution in [1.29, 1.82) is 0 Å². The van der Waals surface area contributed by atoms with Crippen LogP contribution >= 0.6 is 0 Å². The molecule has 2 fully saturated rings. The first-order valence-corrected chi connectivity index (χ1v) is 17.0. The van der Waals surface area contributed by atoms with E-state index in [2.05, 4.69) is 30.1 Å². The molecule has 2 aromatic carbocycles. The molecule has 0 spiro atoms. The molecule has 0 unspecified atom stereocenters. The Bertz CT molecular complexity index is 2140. The van der Waals surface area contributed by atoms with Gasteiger partial charge in [0.15, 0.2) is 29.1 Å². The standard InChI is InChI=1S/C19H17F4N3O2.C18H14F4N4O/c20-13-4-1-3-12(16(13)21)19(5-2-6-19)7-15-24-8-11(9-25-15)14(27)10-26-18(28)17(22)23;19-12-4-1-3-11(14(12)20)18(5-2-6-18)7-13-23-8-10(9-24-13)16-25-26-17(27-16)15(21)22/h1,3-4,8-9,17H,2,5-7,10H2,(H,26,28);1,3-4,8-9,15H,2,5-7H2. The first kappa shape index (κ1) is 39.0. The van der Waals surface area contributed by atoms with Crippen LogP contribution < -0.4 is 5.32 Å². The minimum Gasteiger partial charge on any atom is -0.415 e. The Labute approximate surface area is 307 Å². The number of carbonyl (C=O) groups is 2. The zero-order chi connectivity index (χ0) is 39.3. The van der Waals surface area contributed by atoms with Crippen LogP contribution in [-0.4, -0.2) is 54.8 Å². The van der Waals surface area contributed by atoms with Crippen molar-refractivity contribution in [3.63, 3.8) is 0 Å². The van der Waals surface area contributed by atoms with Gasteiger partial charge in [-0.25, -0.2) is 37.5 Å². The van der Waals surface area contributed by atoms with Crippen molar-refractivity contribution < 1.29 is 49.1 Å². The number of Topliss-reactive ketones (excluding diaryl/α,β-unsaturated/α-hetero) is 1. The van der Waals surface area contributed by atoms with Gasteiger partial charge in [-0.1, -0.05) is 37.1 Å². The van der Waals surface area contributed by atoms with E-state index < -0.39 is 71.1 Å². The third kappa shape index (κ3) is 8.52. The van der Waals surface area contributed by atoms with E-state index in [1.807, 2.05) is 5.32 Å². The van der Waals surface area contributed by atoms with Gasteiger partial charge in [0.1, 0.15) is 11.6 Å². The van der Waals surface area contributed by atoms with Crippen molar-refractivity contribution in [2.24, 2.45) is 0 Å². The summed E-state index contributed by atoms with van der Waals surface area (Å²) < 4.78 is 110. The van der Waals surface area contributed by atoms with E-state index in [4.69, 9.17) is 4.42 Å². The molecule has 55 heavy (non-hydrogen) atoms. The SMILES string of the molecule is Fc1cccc(C2(Cc3ncc(-c4nnc(C(F)F)o4)cn3)CCC2)c1F.O=C(CNC(=O)C(F)F)c1cnc(CC2(c3cccc(F)c3F)CCC2)nc1. The second-order valence-corrected chi connectivity index (χ2v) is 13.3. The minimum absolute atomic E-state index is 0.0536. The summed E-state index contributed by atoms with van der Waals surface area (Å²) in [5.41, 5.74) is -0.156. The van der Waals surface area contributed by atoms with E-state index in [0.29, 0.717) is 54.9 Å². The Hall–Kier alpha value is -5.68. The number of nitrogens with zero attached hydrogens (tertiary/aromatic N) is 6. The third-order valence-corrected chi connectivity index (χ3v) is 9.89. The summed E-state index contributed by atoms with van der Waals surface area (Å²) in [4.78, 5) is 39.3. The number of benzene rings is 2. The number of alkyl halides is 4. The third-order valence-electron chi connectivity index (χ3n) is 9.89. The first-order chi connectivity index (χ1) is 26.3. The highest BCUT2D eigenvalue weighted by molar-refractivity contribution is 5.99. The molecule has 3 heterocycles. The highest BCUT2D eigenvalue weighted by atomic mass is 19.3. The molecule has 3 aromatic heterocycles. The largest absolute Gasteiger partial charge is 0.415 e. The fourth-order valence-electron chi connectivity index (χ4n) is 6.65. The van der Waals surface area contributed by atoms with Crippen molar-refractivity contribution in [2.75, 3.05) is 6.54 Å². The van der Waals surface area contributed by atoms with E-state index in [0.717, 1.165) is 25.0 Å². The zero-order valence-corrected chi connectivity index (χ0v) is 28.7. The minimum atomic E-state index is -3.20. The maximum atomic E-state index is 14.3. The van der Waals surface area contributed by atoms with Crippen LogP contribution in [0.5, 0.6) is 0 Å². The fourth-order valence-corrected chi connectivity index (χ4v) is 6.65. The Morgan fingerprint density at radius 2 is 1.20 bits per heavy atom. The highest BCUT2D eigenvalue weighted by Gasteiger charge is 2.43. The first-order valence-electron chi connectivity index (χ1n) is 17.0. The summed E-state index contributed by atoms with van der Waals surface area (Å²) in [6, 6.07) is 8.26. The van der Waals surface area contributed by atoms with Crippen molar-refractivity contribution in [1.82, 2.24) is 35.5 Å². The fraction of sp³-hybridized carbons (Fsp3) is 0.351. The zero-order valence-electron chi connectivity index (χ0n) is 28.7. The Kier molecular flexibility index (Phi) is 11.6. The van der Waals surface area contributed by atoms with Crippen LogP contribution in [0.15, 0.2) is 65.6 Å². The lowest BCUT2D eigenvalue weighted by Gasteiger charge is -2.42. The summed E-state index contributed by atoms with van der Waals surface area (Å²) in [6.45, 7) is -0.593. The van der Waals surface area contributed by atoms with E-state index in [1.165, 1.54) is 36.9 Å². The molecule has 2 saturated carbocycles. The van der Waals surface area contributed by atoms with Gasteiger partial charge < -0.3 is 9.73 Å². The van der Waals surface area contributed by atoms with Gasteiger partial charge in [0.2, 0.25) is 0 Å². The van der Waals surface area contributed by atoms with Gasteiger partial charge >= 0.3 is 12.9 Å². The van der Waals surface area contributed by atoms with Gasteiger partial charge in [-0.2, -0.15) is 17.6 Å². The topological polar surface area (TPSA) is 137 Å². The molecule has 2 aliphatic carbocycles. The van der Waals surface area contributed by atoms with Gasteiger partial charge in [0.25, 0.3) is 17.7 Å². The van der Waals surface area contributed by atoms with Crippen LogP contribution in [0.2, 0.25) is 0 Å². The molecule has 2 aliphatic rings. The van der Waals surface area contributed by atoms with Crippen molar-refractivity contribution >= 4 is 11.7 Å². The maximum absolute atomic E-state index is 14.3. The molecule has 7 rings (SSSR count). The Morgan fingerprint density at radius 1 is 0.709 bits per heavy atom. The molecule has 0 aliphatic heterocycles. The van der Waals surface area contributed by atoms with E-state index in [1.54, 1.807) is 12.1 Å². The van der Waals surface area contributed by atoms with Gasteiger partial charge in [-0.15, -0.1) is 10.2 Å².